The molecular weight excluding hydrogens is 520 g/mol. The van der Waals surface area contributed by atoms with Crippen molar-refractivity contribution in [2.75, 3.05) is 38.2 Å². The Kier molecular flexibility index (Phi) is 7.55. The fourth-order valence-electron chi connectivity index (χ4n) is 6.40. The first kappa shape index (κ1) is 26.8. The second kappa shape index (κ2) is 11.3. The molecule has 2 aromatic carbocycles. The Morgan fingerprint density at radius 3 is 2.52 bits per heavy atom. The van der Waals surface area contributed by atoms with E-state index in [2.05, 4.69) is 62.9 Å². The molecule has 8 heteroatoms. The number of anilines is 1. The summed E-state index contributed by atoms with van der Waals surface area (Å²) in [6.07, 6.45) is 2.83. The summed E-state index contributed by atoms with van der Waals surface area (Å²) in [7, 11) is 1.70. The fraction of sp³-hybridized carbons (Fsp3) is 0.438. The summed E-state index contributed by atoms with van der Waals surface area (Å²) >= 11 is 1.72. The summed E-state index contributed by atoms with van der Waals surface area (Å²) in [5.74, 6) is 1.38. The number of oxazole rings is 1. The Morgan fingerprint density at radius 2 is 1.82 bits per heavy atom. The monoisotopic (exact) mass is 558 g/mol. The maximum Gasteiger partial charge on any atom is 0.298 e. The minimum absolute atomic E-state index is 0.00706. The molecule has 40 heavy (non-hydrogen) atoms. The van der Waals surface area contributed by atoms with Gasteiger partial charge in [0, 0.05) is 43.7 Å². The predicted molar refractivity (Wildman–Crippen MR) is 160 cm³/mol. The molecule has 3 heterocycles. The first-order valence-corrected chi connectivity index (χ1v) is 15.2. The van der Waals surface area contributed by atoms with Crippen LogP contribution in [-0.2, 0) is 10.3 Å². The molecule has 6 rings (SSSR count). The van der Waals surface area contributed by atoms with Crippen LogP contribution in [0.5, 0.6) is 5.75 Å². The van der Waals surface area contributed by atoms with E-state index in [1.165, 1.54) is 11.1 Å². The first-order valence-electron chi connectivity index (χ1n) is 14.2. The van der Waals surface area contributed by atoms with Crippen LogP contribution in [0.2, 0.25) is 0 Å². The Balaban J connectivity index is 1.12. The van der Waals surface area contributed by atoms with E-state index in [1.54, 1.807) is 18.4 Å². The van der Waals surface area contributed by atoms with Crippen LogP contribution in [0, 0.1) is 5.92 Å². The van der Waals surface area contributed by atoms with Crippen molar-refractivity contribution < 1.29 is 13.9 Å². The number of para-hydroxylation sites is 2. The van der Waals surface area contributed by atoms with Crippen molar-refractivity contribution in [3.05, 3.63) is 76.5 Å². The molecule has 3 atom stereocenters. The number of fused-ring (bicyclic) bond motifs is 1. The van der Waals surface area contributed by atoms with Gasteiger partial charge in [0.25, 0.3) is 6.01 Å². The molecule has 2 aromatic heterocycles. The molecule has 4 aromatic rings. The van der Waals surface area contributed by atoms with Crippen LogP contribution in [0.15, 0.2) is 69.8 Å². The molecule has 0 unspecified atom stereocenters. The van der Waals surface area contributed by atoms with Crippen molar-refractivity contribution in [3.63, 3.8) is 0 Å². The Morgan fingerprint density at radius 1 is 1.05 bits per heavy atom. The Bertz CT molecular complexity index is 1390. The van der Waals surface area contributed by atoms with Crippen molar-refractivity contribution in [2.45, 2.75) is 50.6 Å². The van der Waals surface area contributed by atoms with Gasteiger partial charge in [-0.25, -0.2) is 0 Å². The van der Waals surface area contributed by atoms with E-state index in [0.717, 1.165) is 49.2 Å². The summed E-state index contributed by atoms with van der Waals surface area (Å²) in [6, 6.07) is 19.3. The number of ether oxygens (including phenoxy) is 1. The molecule has 210 valence electrons. The van der Waals surface area contributed by atoms with Crippen LogP contribution in [0.4, 0.5) is 6.01 Å². The molecule has 1 saturated heterocycles. The molecule has 1 aliphatic heterocycles. The minimum atomic E-state index is -0.187. The molecule has 1 aliphatic carbocycles. The van der Waals surface area contributed by atoms with Crippen LogP contribution in [0.3, 0.4) is 0 Å². The largest absolute Gasteiger partial charge is 0.497 e. The van der Waals surface area contributed by atoms with Gasteiger partial charge in [-0.2, -0.15) is 16.3 Å². The molecular formula is C32H38N4O3S. The second-order valence-electron chi connectivity index (χ2n) is 11.6. The molecule has 7 nitrogen and oxygen atoms in total. The molecule has 0 spiro atoms. The van der Waals surface area contributed by atoms with Gasteiger partial charge in [-0.05, 0) is 91.2 Å². The van der Waals surface area contributed by atoms with Crippen molar-refractivity contribution >= 4 is 34.4 Å². The van der Waals surface area contributed by atoms with E-state index in [4.69, 9.17) is 9.15 Å². The SMILES string of the molecule is COc1ccc(C(C)(C)N[C@@H]2CC[C@H](C(=O)N3CCN(c4nc5ccccc5o4)CC3)[C@@H](c3ccsc3)C2)cc1. The van der Waals surface area contributed by atoms with Gasteiger partial charge in [-0.15, -0.1) is 0 Å². The summed E-state index contributed by atoms with van der Waals surface area (Å²) in [5, 5.41) is 8.29. The maximum atomic E-state index is 14.0. The normalized spacial score (nSPS) is 22.0. The number of carbonyl (C=O) groups excluding carboxylic acids is 1. The van der Waals surface area contributed by atoms with Crippen LogP contribution in [-0.4, -0.2) is 55.1 Å². The standard InChI is InChI=1S/C32H38N4O3S/c1-32(2,23-8-11-25(38-3)12-9-23)34-24-10-13-26(27(20-24)22-14-19-40-21-22)30(37)35-15-17-36(18-16-35)31-33-28-6-4-5-7-29(28)39-31/h4-9,11-12,14,19,21,24,26-27,34H,10,13,15-18,20H2,1-3H3/t24-,26+,27-/m1/s1. The van der Waals surface area contributed by atoms with E-state index in [9.17, 15) is 4.79 Å². The highest BCUT2D eigenvalue weighted by molar-refractivity contribution is 7.08. The fourth-order valence-corrected chi connectivity index (χ4v) is 7.13. The number of amides is 1. The lowest BCUT2D eigenvalue weighted by atomic mass is 9.72. The number of piperazine rings is 1. The van der Waals surface area contributed by atoms with Crippen molar-refractivity contribution in [1.29, 1.82) is 0 Å². The number of thiophene rings is 1. The molecule has 2 aliphatic rings. The lowest BCUT2D eigenvalue weighted by molar-refractivity contribution is -0.137. The zero-order valence-electron chi connectivity index (χ0n) is 23.5. The molecule has 0 radical (unpaired) electrons. The number of aromatic nitrogens is 1. The van der Waals surface area contributed by atoms with Crippen LogP contribution in [0.1, 0.15) is 50.2 Å². The molecule has 2 fully saturated rings. The number of benzene rings is 2. The first-order chi connectivity index (χ1) is 19.4. The number of methoxy groups -OCH3 is 1. The summed E-state index contributed by atoms with van der Waals surface area (Å²) in [4.78, 5) is 22.8. The third-order valence-corrected chi connectivity index (χ3v) is 9.36. The summed E-state index contributed by atoms with van der Waals surface area (Å²) < 4.78 is 11.3. The topological polar surface area (TPSA) is 70.8 Å². The van der Waals surface area contributed by atoms with E-state index in [-0.39, 0.29) is 17.4 Å². The van der Waals surface area contributed by atoms with Gasteiger partial charge in [-0.3, -0.25) is 4.79 Å². The van der Waals surface area contributed by atoms with Crippen LogP contribution >= 0.6 is 11.3 Å². The van der Waals surface area contributed by atoms with Gasteiger partial charge < -0.3 is 24.3 Å². The average Bonchev–Trinajstić information content (AvgIpc) is 3.67. The van der Waals surface area contributed by atoms with E-state index in [1.807, 2.05) is 36.4 Å². The average molecular weight is 559 g/mol. The number of rotatable bonds is 7. The highest BCUT2D eigenvalue weighted by Crippen LogP contribution is 2.41. The summed E-state index contributed by atoms with van der Waals surface area (Å²) in [6.45, 7) is 7.32. The number of nitrogens with zero attached hydrogens (tertiary/aromatic N) is 3. The highest BCUT2D eigenvalue weighted by Gasteiger charge is 2.40. The maximum absolute atomic E-state index is 14.0. The third kappa shape index (κ3) is 5.47. The Labute approximate surface area is 240 Å². The summed E-state index contributed by atoms with van der Waals surface area (Å²) in [5.41, 5.74) is 4.01. The zero-order valence-corrected chi connectivity index (χ0v) is 24.3. The predicted octanol–water partition coefficient (Wildman–Crippen LogP) is 6.02. The van der Waals surface area contributed by atoms with E-state index in [0.29, 0.717) is 31.1 Å². The number of nitrogens with one attached hydrogen (secondary N) is 1. The van der Waals surface area contributed by atoms with Crippen molar-refractivity contribution in [3.8, 4) is 5.75 Å². The lowest BCUT2D eigenvalue weighted by Crippen LogP contribution is -2.53. The van der Waals surface area contributed by atoms with Crippen molar-refractivity contribution in [2.24, 2.45) is 5.92 Å². The molecule has 1 N–H and O–H groups in total. The zero-order chi connectivity index (χ0) is 27.7. The lowest BCUT2D eigenvalue weighted by Gasteiger charge is -2.42. The van der Waals surface area contributed by atoms with Gasteiger partial charge >= 0.3 is 0 Å². The number of hydrogen-bond acceptors (Lipinski definition) is 7. The van der Waals surface area contributed by atoms with Gasteiger partial charge in [0.2, 0.25) is 5.91 Å². The Hall–Kier alpha value is -3.36. The highest BCUT2D eigenvalue weighted by atomic mass is 32.1. The van der Waals surface area contributed by atoms with Gasteiger partial charge in [-0.1, -0.05) is 24.3 Å². The quantitative estimate of drug-likeness (QED) is 0.299. The number of hydrogen-bond donors (Lipinski definition) is 1. The van der Waals surface area contributed by atoms with Gasteiger partial charge in [0.1, 0.15) is 11.3 Å². The van der Waals surface area contributed by atoms with Crippen molar-refractivity contribution in [1.82, 2.24) is 15.2 Å². The molecule has 1 amide bonds. The van der Waals surface area contributed by atoms with E-state index >= 15 is 0 Å². The van der Waals surface area contributed by atoms with Gasteiger partial charge in [0.15, 0.2) is 5.58 Å². The third-order valence-electron chi connectivity index (χ3n) is 8.66. The van der Waals surface area contributed by atoms with E-state index < -0.39 is 0 Å². The second-order valence-corrected chi connectivity index (χ2v) is 12.3. The molecule has 1 saturated carbocycles. The van der Waals surface area contributed by atoms with Gasteiger partial charge in [0.05, 0.1) is 7.11 Å². The smallest absolute Gasteiger partial charge is 0.298 e. The molecule has 0 bridgehead atoms. The van der Waals surface area contributed by atoms with Crippen LogP contribution < -0.4 is 15.0 Å². The van der Waals surface area contributed by atoms with Crippen LogP contribution in [0.25, 0.3) is 11.1 Å². The minimum Gasteiger partial charge on any atom is -0.497 e. The number of carbonyl (C=O) groups is 1.